The highest BCUT2D eigenvalue weighted by Gasteiger charge is 2.36. The second-order valence-electron chi connectivity index (χ2n) is 6.81. The summed E-state index contributed by atoms with van der Waals surface area (Å²) in [5.74, 6) is 2.65. The van der Waals surface area contributed by atoms with Crippen LogP contribution in [0.15, 0.2) is 28.0 Å². The van der Waals surface area contributed by atoms with Crippen molar-refractivity contribution >= 4 is 17.7 Å². The van der Waals surface area contributed by atoms with Crippen molar-refractivity contribution in [2.45, 2.75) is 55.8 Å². The van der Waals surface area contributed by atoms with Crippen LogP contribution in [0.2, 0.25) is 0 Å². The zero-order valence-corrected chi connectivity index (χ0v) is 15.3. The Balaban J connectivity index is 1.41. The number of nitrogens with zero attached hydrogens (tertiary/aromatic N) is 5. The molecule has 26 heavy (non-hydrogen) atoms. The second kappa shape index (κ2) is 7.54. The molecule has 2 heterocycles. The van der Waals surface area contributed by atoms with E-state index in [4.69, 9.17) is 9.68 Å². The Morgan fingerprint density at radius 1 is 1.38 bits per heavy atom. The molecule has 0 aliphatic heterocycles. The Morgan fingerprint density at radius 2 is 2.23 bits per heavy atom. The molecular weight excluding hydrogens is 350 g/mol. The number of carbonyl (C=O) groups excluding carboxylic acids is 1. The van der Waals surface area contributed by atoms with Gasteiger partial charge in [0.25, 0.3) is 0 Å². The predicted octanol–water partition coefficient (Wildman–Crippen LogP) is 3.12. The van der Waals surface area contributed by atoms with Gasteiger partial charge in [0, 0.05) is 18.5 Å². The Kier molecular flexibility index (Phi) is 4.98. The van der Waals surface area contributed by atoms with Crippen molar-refractivity contribution in [1.82, 2.24) is 19.7 Å². The van der Waals surface area contributed by atoms with E-state index in [0.29, 0.717) is 37.2 Å². The quantitative estimate of drug-likeness (QED) is 0.629. The van der Waals surface area contributed by atoms with Gasteiger partial charge in [-0.2, -0.15) is 5.26 Å². The number of furan rings is 1. The summed E-state index contributed by atoms with van der Waals surface area (Å²) >= 11 is 1.45. The highest BCUT2D eigenvalue weighted by molar-refractivity contribution is 7.99. The van der Waals surface area contributed by atoms with Crippen molar-refractivity contribution in [2.24, 2.45) is 0 Å². The van der Waals surface area contributed by atoms with Crippen LogP contribution in [0.4, 0.5) is 0 Å². The van der Waals surface area contributed by atoms with E-state index in [1.54, 1.807) is 17.2 Å². The highest BCUT2D eigenvalue weighted by Crippen LogP contribution is 2.45. The maximum absolute atomic E-state index is 12.7. The van der Waals surface area contributed by atoms with Crippen LogP contribution >= 0.6 is 11.8 Å². The molecule has 0 radical (unpaired) electrons. The van der Waals surface area contributed by atoms with Crippen LogP contribution < -0.4 is 0 Å². The Labute approximate surface area is 156 Å². The summed E-state index contributed by atoms with van der Waals surface area (Å²) in [6.45, 7) is 0.788. The summed E-state index contributed by atoms with van der Waals surface area (Å²) < 4.78 is 7.59. The Bertz CT molecular complexity index is 802. The summed E-state index contributed by atoms with van der Waals surface area (Å²) in [7, 11) is 0. The molecule has 8 heteroatoms. The molecule has 2 aliphatic rings. The van der Waals surface area contributed by atoms with Crippen molar-refractivity contribution in [3.05, 3.63) is 30.0 Å². The summed E-state index contributed by atoms with van der Waals surface area (Å²) in [5, 5.41) is 18.4. The number of aromatic nitrogens is 3. The molecule has 1 amide bonds. The van der Waals surface area contributed by atoms with Crippen LogP contribution in [0.5, 0.6) is 0 Å². The van der Waals surface area contributed by atoms with Crippen LogP contribution in [0, 0.1) is 11.3 Å². The molecule has 2 aliphatic carbocycles. The first-order valence-electron chi connectivity index (χ1n) is 9.01. The monoisotopic (exact) mass is 371 g/mol. The van der Waals surface area contributed by atoms with E-state index in [1.165, 1.54) is 37.4 Å². The SMILES string of the molecule is N#CCCN(Cc1ccco1)C(=O)CSc1nnc(C2CC2)n1C1CC1. The van der Waals surface area contributed by atoms with Gasteiger partial charge in [-0.1, -0.05) is 11.8 Å². The molecule has 0 bridgehead atoms. The number of hydrogen-bond acceptors (Lipinski definition) is 6. The van der Waals surface area contributed by atoms with Crippen LogP contribution in [0.1, 0.15) is 55.6 Å². The van der Waals surface area contributed by atoms with Gasteiger partial charge in [0.1, 0.15) is 11.6 Å². The van der Waals surface area contributed by atoms with Crippen molar-refractivity contribution in [3.63, 3.8) is 0 Å². The fourth-order valence-corrected chi connectivity index (χ4v) is 3.88. The normalized spacial score (nSPS) is 16.4. The smallest absolute Gasteiger partial charge is 0.233 e. The summed E-state index contributed by atoms with van der Waals surface area (Å²) in [5.41, 5.74) is 0. The highest BCUT2D eigenvalue weighted by atomic mass is 32.2. The first-order valence-corrected chi connectivity index (χ1v) is 9.99. The number of carbonyl (C=O) groups is 1. The molecule has 0 spiro atoms. The van der Waals surface area contributed by atoms with Gasteiger partial charge < -0.3 is 13.9 Å². The molecular formula is C18H21N5O2S. The maximum atomic E-state index is 12.7. The zero-order valence-electron chi connectivity index (χ0n) is 14.5. The molecule has 4 rings (SSSR count). The lowest BCUT2D eigenvalue weighted by Crippen LogP contribution is -2.32. The lowest BCUT2D eigenvalue weighted by Gasteiger charge is -2.20. The van der Waals surface area contributed by atoms with E-state index in [-0.39, 0.29) is 5.91 Å². The number of hydrogen-bond donors (Lipinski definition) is 0. The van der Waals surface area contributed by atoms with Gasteiger partial charge in [0.2, 0.25) is 5.91 Å². The van der Waals surface area contributed by atoms with E-state index < -0.39 is 0 Å². The van der Waals surface area contributed by atoms with Gasteiger partial charge in [-0.15, -0.1) is 10.2 Å². The third-order valence-electron chi connectivity index (χ3n) is 4.64. The standard InChI is InChI=1S/C18H21N5O2S/c19-8-2-9-22(11-15-3-1-10-25-15)16(24)12-26-18-21-20-17(13-4-5-13)23(18)14-6-7-14/h1,3,10,13-14H,2,4-7,9,11-12H2. The number of rotatable bonds is 9. The van der Waals surface area contributed by atoms with Crippen LogP contribution in [0.3, 0.4) is 0 Å². The van der Waals surface area contributed by atoms with Gasteiger partial charge in [-0.05, 0) is 37.8 Å². The molecule has 0 N–H and O–H groups in total. The maximum Gasteiger partial charge on any atom is 0.233 e. The van der Waals surface area contributed by atoms with Crippen LogP contribution in [0.25, 0.3) is 0 Å². The second-order valence-corrected chi connectivity index (χ2v) is 7.75. The van der Waals surface area contributed by atoms with Crippen molar-refractivity contribution in [2.75, 3.05) is 12.3 Å². The molecule has 2 fully saturated rings. The Hall–Kier alpha value is -2.27. The fraction of sp³-hybridized carbons (Fsp3) is 0.556. The van der Waals surface area contributed by atoms with Crippen LogP contribution in [-0.4, -0.2) is 37.9 Å². The van der Waals surface area contributed by atoms with E-state index in [1.807, 2.05) is 6.07 Å². The van der Waals surface area contributed by atoms with Gasteiger partial charge in [0.15, 0.2) is 5.16 Å². The van der Waals surface area contributed by atoms with Gasteiger partial charge in [-0.25, -0.2) is 0 Å². The molecule has 2 aromatic heterocycles. The summed E-state index contributed by atoms with van der Waals surface area (Å²) in [4.78, 5) is 14.4. The van der Waals surface area contributed by atoms with Gasteiger partial charge in [0.05, 0.1) is 31.1 Å². The number of amides is 1. The molecule has 7 nitrogen and oxygen atoms in total. The summed E-state index contributed by atoms with van der Waals surface area (Å²) in [6.07, 6.45) is 6.63. The number of nitriles is 1. The number of thioether (sulfide) groups is 1. The molecule has 0 unspecified atom stereocenters. The third-order valence-corrected chi connectivity index (χ3v) is 5.57. The van der Waals surface area contributed by atoms with Crippen molar-refractivity contribution < 1.29 is 9.21 Å². The zero-order chi connectivity index (χ0) is 17.9. The summed E-state index contributed by atoms with van der Waals surface area (Å²) in [6, 6.07) is 6.25. The minimum absolute atomic E-state index is 0.0139. The Morgan fingerprint density at radius 3 is 2.88 bits per heavy atom. The lowest BCUT2D eigenvalue weighted by molar-refractivity contribution is -0.129. The topological polar surface area (TPSA) is 87.9 Å². The molecule has 136 valence electrons. The largest absolute Gasteiger partial charge is 0.467 e. The van der Waals surface area contributed by atoms with Crippen molar-refractivity contribution in [3.8, 4) is 6.07 Å². The third kappa shape index (κ3) is 3.93. The minimum atomic E-state index is -0.0139. The van der Waals surface area contributed by atoms with E-state index in [0.717, 1.165) is 16.7 Å². The average Bonchev–Trinajstić information content (AvgIpc) is 3.58. The van der Waals surface area contributed by atoms with E-state index >= 15 is 0 Å². The molecule has 0 aromatic carbocycles. The van der Waals surface area contributed by atoms with Crippen LogP contribution in [-0.2, 0) is 11.3 Å². The molecule has 0 saturated heterocycles. The fourth-order valence-electron chi connectivity index (χ4n) is 2.97. The minimum Gasteiger partial charge on any atom is -0.467 e. The molecule has 2 saturated carbocycles. The van der Waals surface area contributed by atoms with Gasteiger partial charge in [-0.3, -0.25) is 4.79 Å². The van der Waals surface area contributed by atoms with Crippen molar-refractivity contribution in [1.29, 1.82) is 5.26 Å². The van der Waals surface area contributed by atoms with E-state index in [9.17, 15) is 4.79 Å². The average molecular weight is 371 g/mol. The first-order chi connectivity index (χ1) is 12.8. The lowest BCUT2D eigenvalue weighted by atomic mass is 10.3. The molecule has 0 atom stereocenters. The predicted molar refractivity (Wildman–Crippen MR) is 95.3 cm³/mol. The van der Waals surface area contributed by atoms with Gasteiger partial charge >= 0.3 is 0 Å². The van der Waals surface area contributed by atoms with E-state index in [2.05, 4.69) is 20.8 Å². The first kappa shape index (κ1) is 17.2. The molecule has 2 aromatic rings.